The van der Waals surface area contributed by atoms with E-state index >= 15 is 0 Å². The lowest BCUT2D eigenvalue weighted by molar-refractivity contribution is -0.199. The summed E-state index contributed by atoms with van der Waals surface area (Å²) in [6, 6.07) is 6.92. The number of para-hydroxylation sites is 2. The molecule has 0 bridgehead atoms. The van der Waals surface area contributed by atoms with Crippen molar-refractivity contribution in [3.05, 3.63) is 24.3 Å². The molecule has 0 saturated heterocycles. The van der Waals surface area contributed by atoms with E-state index in [0.717, 1.165) is 0 Å². The molecule has 0 fully saturated rings. The van der Waals surface area contributed by atoms with Crippen LogP contribution < -0.4 is 9.47 Å². The minimum absolute atomic E-state index is 0.269. The van der Waals surface area contributed by atoms with E-state index in [2.05, 4.69) is 0 Å². The molecule has 0 aromatic heterocycles. The van der Waals surface area contributed by atoms with E-state index in [1.54, 1.807) is 24.3 Å². The van der Waals surface area contributed by atoms with Gasteiger partial charge >= 0.3 is 0 Å². The first kappa shape index (κ1) is 9.98. The highest BCUT2D eigenvalue weighted by Crippen LogP contribution is 2.36. The van der Waals surface area contributed by atoms with Crippen LogP contribution in [-0.2, 0) is 4.79 Å². The highest BCUT2D eigenvalue weighted by atomic mass is 16.7. The summed E-state index contributed by atoms with van der Waals surface area (Å²) in [6.45, 7) is 2.77. The summed E-state index contributed by atoms with van der Waals surface area (Å²) in [6.07, 6.45) is -0.979. The molecule has 1 N–H and O–H groups in total. The summed E-state index contributed by atoms with van der Waals surface area (Å²) in [5.74, 6) is -0.959. The Kier molecular flexibility index (Phi) is 2.16. The number of Topliss-reactive ketones (excluding diaryl/α,β-unsaturated/α-hetero) is 1. The lowest BCUT2D eigenvalue weighted by Gasteiger charge is -2.36. The predicted octanol–water partition coefficient (Wildman–Crippen LogP) is 1.12. The van der Waals surface area contributed by atoms with Crippen LogP contribution in [0.15, 0.2) is 24.3 Å². The molecular formula is C11H12O4. The Morgan fingerprint density at radius 3 is 2.60 bits per heavy atom. The van der Waals surface area contributed by atoms with Gasteiger partial charge in [-0.15, -0.1) is 0 Å². The molecule has 1 heterocycles. The molecule has 0 aliphatic carbocycles. The second-order valence-electron chi connectivity index (χ2n) is 3.71. The van der Waals surface area contributed by atoms with Crippen LogP contribution in [0.2, 0.25) is 0 Å². The summed E-state index contributed by atoms with van der Waals surface area (Å²) in [7, 11) is 0. The number of benzene rings is 1. The van der Waals surface area contributed by atoms with E-state index in [0.29, 0.717) is 11.5 Å². The summed E-state index contributed by atoms with van der Waals surface area (Å²) < 4.78 is 10.7. The fourth-order valence-electron chi connectivity index (χ4n) is 1.60. The Labute approximate surface area is 87.4 Å². The van der Waals surface area contributed by atoms with E-state index in [9.17, 15) is 9.90 Å². The summed E-state index contributed by atoms with van der Waals surface area (Å²) in [4.78, 5) is 11.3. The van der Waals surface area contributed by atoms with E-state index in [4.69, 9.17) is 9.47 Å². The van der Waals surface area contributed by atoms with Crippen LogP contribution in [0.3, 0.4) is 0 Å². The lowest BCUT2D eigenvalue weighted by Crippen LogP contribution is -2.54. The second-order valence-corrected chi connectivity index (χ2v) is 3.71. The van der Waals surface area contributed by atoms with Gasteiger partial charge in [-0.1, -0.05) is 12.1 Å². The molecule has 4 nitrogen and oxygen atoms in total. The van der Waals surface area contributed by atoms with Gasteiger partial charge < -0.3 is 14.6 Å². The second kappa shape index (κ2) is 3.24. The van der Waals surface area contributed by atoms with Crippen molar-refractivity contribution < 1.29 is 19.4 Å². The number of fused-ring (bicyclic) bond motifs is 1. The number of carbonyl (C=O) groups excluding carboxylic acids is 1. The molecule has 4 heteroatoms. The molecule has 2 rings (SSSR count). The number of hydrogen-bond donors (Lipinski definition) is 1. The van der Waals surface area contributed by atoms with Gasteiger partial charge in [0, 0.05) is 6.92 Å². The van der Waals surface area contributed by atoms with Crippen LogP contribution in [0.4, 0.5) is 0 Å². The van der Waals surface area contributed by atoms with E-state index in [1.807, 2.05) is 0 Å². The average molecular weight is 208 g/mol. The lowest BCUT2D eigenvalue weighted by atomic mass is 10.1. The van der Waals surface area contributed by atoms with Crippen molar-refractivity contribution in [2.45, 2.75) is 25.7 Å². The van der Waals surface area contributed by atoms with Gasteiger partial charge in [0.05, 0.1) is 0 Å². The summed E-state index contributed by atoms with van der Waals surface area (Å²) in [5.41, 5.74) is 0. The minimum atomic E-state index is -1.61. The Morgan fingerprint density at radius 2 is 2.00 bits per heavy atom. The highest BCUT2D eigenvalue weighted by Gasteiger charge is 2.43. The van der Waals surface area contributed by atoms with Gasteiger partial charge in [0.1, 0.15) is 0 Å². The van der Waals surface area contributed by atoms with Gasteiger partial charge in [0.2, 0.25) is 11.9 Å². The average Bonchev–Trinajstić information content (AvgIpc) is 2.14. The quantitative estimate of drug-likeness (QED) is 0.751. The Morgan fingerprint density at radius 1 is 1.40 bits per heavy atom. The van der Waals surface area contributed by atoms with Crippen molar-refractivity contribution in [3.8, 4) is 11.5 Å². The van der Waals surface area contributed by atoms with Crippen molar-refractivity contribution in [3.63, 3.8) is 0 Å². The number of rotatable bonds is 1. The Bertz CT molecular complexity index is 397. The first-order chi connectivity index (χ1) is 7.00. The fourth-order valence-corrected chi connectivity index (χ4v) is 1.60. The molecule has 2 atom stereocenters. The summed E-state index contributed by atoms with van der Waals surface area (Å²) in [5, 5.41) is 9.88. The third-order valence-electron chi connectivity index (χ3n) is 2.27. The molecule has 0 spiro atoms. The van der Waals surface area contributed by atoms with Crippen molar-refractivity contribution in [2.24, 2.45) is 0 Å². The minimum Gasteiger partial charge on any atom is -0.472 e. The third-order valence-corrected chi connectivity index (χ3v) is 2.27. The maximum absolute atomic E-state index is 11.3. The van der Waals surface area contributed by atoms with Gasteiger partial charge in [-0.3, -0.25) is 4.79 Å². The molecule has 1 aromatic carbocycles. The monoisotopic (exact) mass is 208 g/mol. The Balaban J connectivity index is 2.40. The van der Waals surface area contributed by atoms with Gasteiger partial charge in [0.15, 0.2) is 17.3 Å². The number of ketones is 1. The van der Waals surface area contributed by atoms with Crippen molar-refractivity contribution in [1.82, 2.24) is 0 Å². The highest BCUT2D eigenvalue weighted by molar-refractivity contribution is 5.82. The zero-order chi connectivity index (χ0) is 11.1. The zero-order valence-corrected chi connectivity index (χ0v) is 8.56. The maximum atomic E-state index is 11.3. The SMILES string of the molecule is CC(=O)[C@@H]1Oc2ccccc2O[C@]1(C)O. The van der Waals surface area contributed by atoms with Crippen LogP contribution in [0.25, 0.3) is 0 Å². The van der Waals surface area contributed by atoms with Crippen LogP contribution in [0.5, 0.6) is 11.5 Å². The van der Waals surface area contributed by atoms with Crippen LogP contribution >= 0.6 is 0 Å². The fraction of sp³-hybridized carbons (Fsp3) is 0.364. The standard InChI is InChI=1S/C11H12O4/c1-7(12)10-11(2,13)15-9-6-4-3-5-8(9)14-10/h3-6,10,13H,1-2H3/t10-,11-/m0/s1. The normalized spacial score (nSPS) is 28.6. The molecule has 80 valence electrons. The van der Waals surface area contributed by atoms with Gasteiger partial charge in [-0.05, 0) is 19.1 Å². The molecule has 1 aliphatic heterocycles. The maximum Gasteiger partial charge on any atom is 0.250 e. The van der Waals surface area contributed by atoms with E-state index in [1.165, 1.54) is 13.8 Å². The van der Waals surface area contributed by atoms with Gasteiger partial charge in [-0.2, -0.15) is 0 Å². The first-order valence-electron chi connectivity index (χ1n) is 4.68. The smallest absolute Gasteiger partial charge is 0.250 e. The molecule has 0 unspecified atom stereocenters. The largest absolute Gasteiger partial charge is 0.472 e. The van der Waals surface area contributed by atoms with Crippen molar-refractivity contribution in [2.75, 3.05) is 0 Å². The number of hydrogen-bond acceptors (Lipinski definition) is 4. The van der Waals surface area contributed by atoms with Crippen molar-refractivity contribution >= 4 is 5.78 Å². The first-order valence-corrected chi connectivity index (χ1v) is 4.68. The van der Waals surface area contributed by atoms with Crippen LogP contribution in [0.1, 0.15) is 13.8 Å². The van der Waals surface area contributed by atoms with Crippen LogP contribution in [0, 0.1) is 0 Å². The number of ether oxygens (including phenoxy) is 2. The molecule has 1 aromatic rings. The predicted molar refractivity (Wildman–Crippen MR) is 52.8 cm³/mol. The molecule has 0 amide bonds. The van der Waals surface area contributed by atoms with E-state index in [-0.39, 0.29) is 5.78 Å². The molecule has 1 aliphatic rings. The Hall–Kier alpha value is -1.55. The molecule has 0 saturated carbocycles. The van der Waals surface area contributed by atoms with Gasteiger partial charge in [0.25, 0.3) is 0 Å². The van der Waals surface area contributed by atoms with E-state index < -0.39 is 11.9 Å². The third kappa shape index (κ3) is 1.68. The number of aliphatic hydroxyl groups is 1. The molecular weight excluding hydrogens is 196 g/mol. The van der Waals surface area contributed by atoms with Crippen molar-refractivity contribution in [1.29, 1.82) is 0 Å². The molecule has 0 radical (unpaired) electrons. The molecule has 15 heavy (non-hydrogen) atoms. The topological polar surface area (TPSA) is 55.8 Å². The zero-order valence-electron chi connectivity index (χ0n) is 8.56. The number of carbonyl (C=O) groups is 1. The summed E-state index contributed by atoms with van der Waals surface area (Å²) >= 11 is 0. The van der Waals surface area contributed by atoms with Crippen LogP contribution in [-0.4, -0.2) is 22.8 Å². The van der Waals surface area contributed by atoms with Gasteiger partial charge in [-0.25, -0.2) is 0 Å².